The molecule has 1 aromatic heterocycles. The van der Waals surface area contributed by atoms with E-state index in [1.807, 2.05) is 6.92 Å². The van der Waals surface area contributed by atoms with E-state index in [9.17, 15) is 4.79 Å². The van der Waals surface area contributed by atoms with Gasteiger partial charge in [-0.05, 0) is 22.6 Å². The average Bonchev–Trinajstić information content (AvgIpc) is 2.26. The fourth-order valence-corrected chi connectivity index (χ4v) is 1.91. The molecular weight excluding hydrogens is 327 g/mol. The molecule has 0 amide bonds. The number of carbonyl (C=O) groups excluding carboxylic acids is 1. The van der Waals surface area contributed by atoms with Gasteiger partial charge in [0.15, 0.2) is 5.16 Å². The molecular formula is C9H11IN2O2S. The van der Waals surface area contributed by atoms with Crippen LogP contribution < -0.4 is 0 Å². The molecule has 0 aliphatic rings. The van der Waals surface area contributed by atoms with E-state index in [-0.39, 0.29) is 11.9 Å². The monoisotopic (exact) mass is 338 g/mol. The lowest BCUT2D eigenvalue weighted by molar-refractivity contribution is -0.143. The van der Waals surface area contributed by atoms with E-state index in [4.69, 9.17) is 0 Å². The minimum Gasteiger partial charge on any atom is -0.469 e. The summed E-state index contributed by atoms with van der Waals surface area (Å²) >= 11 is 3.60. The zero-order valence-electron chi connectivity index (χ0n) is 8.44. The predicted octanol–water partition coefficient (Wildman–Crippen LogP) is 1.98. The molecule has 0 saturated heterocycles. The highest BCUT2D eigenvalue weighted by Gasteiger charge is 2.13. The first-order valence-electron chi connectivity index (χ1n) is 4.31. The van der Waals surface area contributed by atoms with Crippen LogP contribution in [0, 0.1) is 9.49 Å². The highest BCUT2D eigenvalue weighted by Crippen LogP contribution is 2.17. The van der Waals surface area contributed by atoms with E-state index in [1.165, 1.54) is 18.9 Å². The number of aromatic nitrogens is 2. The molecule has 6 heteroatoms. The first-order valence-corrected chi connectivity index (χ1v) is 6.38. The van der Waals surface area contributed by atoms with Crippen molar-refractivity contribution in [3.63, 3.8) is 0 Å². The lowest BCUT2D eigenvalue weighted by Gasteiger charge is -2.07. The molecule has 0 aromatic carbocycles. The number of thioether (sulfide) groups is 1. The van der Waals surface area contributed by atoms with Crippen molar-refractivity contribution in [2.24, 2.45) is 5.92 Å². The third-order valence-electron chi connectivity index (χ3n) is 1.66. The highest BCUT2D eigenvalue weighted by atomic mass is 127. The van der Waals surface area contributed by atoms with Crippen molar-refractivity contribution in [2.45, 2.75) is 12.1 Å². The zero-order chi connectivity index (χ0) is 11.3. The van der Waals surface area contributed by atoms with Gasteiger partial charge in [-0.3, -0.25) is 4.79 Å². The maximum atomic E-state index is 11.1. The predicted molar refractivity (Wildman–Crippen MR) is 66.7 cm³/mol. The topological polar surface area (TPSA) is 52.1 Å². The van der Waals surface area contributed by atoms with Gasteiger partial charge in [-0.1, -0.05) is 18.7 Å². The second-order valence-corrected chi connectivity index (χ2v) is 5.15. The second kappa shape index (κ2) is 6.26. The van der Waals surface area contributed by atoms with E-state index in [0.29, 0.717) is 10.9 Å². The van der Waals surface area contributed by atoms with Crippen molar-refractivity contribution < 1.29 is 9.53 Å². The van der Waals surface area contributed by atoms with Crippen molar-refractivity contribution in [1.29, 1.82) is 0 Å². The van der Waals surface area contributed by atoms with Gasteiger partial charge in [0, 0.05) is 21.7 Å². The Bertz CT molecular complexity index is 331. The number of carbonyl (C=O) groups is 1. The minimum atomic E-state index is -0.201. The Hall–Kier alpha value is -0.370. The first kappa shape index (κ1) is 12.7. The number of hydrogen-bond donors (Lipinski definition) is 0. The highest BCUT2D eigenvalue weighted by molar-refractivity contribution is 14.1. The van der Waals surface area contributed by atoms with Crippen LogP contribution in [0.15, 0.2) is 17.6 Å². The third-order valence-corrected chi connectivity index (χ3v) is 3.36. The number of esters is 1. The molecule has 1 unspecified atom stereocenters. The smallest absolute Gasteiger partial charge is 0.309 e. The van der Waals surface area contributed by atoms with Gasteiger partial charge in [0.25, 0.3) is 0 Å². The molecule has 0 fully saturated rings. The van der Waals surface area contributed by atoms with Crippen LogP contribution in [0.5, 0.6) is 0 Å². The third kappa shape index (κ3) is 4.33. The second-order valence-electron chi connectivity index (χ2n) is 2.92. The summed E-state index contributed by atoms with van der Waals surface area (Å²) in [5, 5.41) is 0.686. The van der Waals surface area contributed by atoms with Crippen molar-refractivity contribution in [1.82, 2.24) is 9.97 Å². The maximum absolute atomic E-state index is 11.1. The van der Waals surface area contributed by atoms with Gasteiger partial charge < -0.3 is 4.74 Å². The molecule has 0 spiro atoms. The Balaban J connectivity index is 2.43. The van der Waals surface area contributed by atoms with Crippen molar-refractivity contribution >= 4 is 40.3 Å². The molecule has 1 heterocycles. The molecule has 0 saturated carbocycles. The lowest BCUT2D eigenvalue weighted by atomic mass is 10.2. The number of ether oxygens (including phenoxy) is 1. The van der Waals surface area contributed by atoms with Gasteiger partial charge in [-0.25, -0.2) is 9.97 Å². The number of hydrogen-bond acceptors (Lipinski definition) is 5. The van der Waals surface area contributed by atoms with E-state index >= 15 is 0 Å². The summed E-state index contributed by atoms with van der Waals surface area (Å²) in [5.41, 5.74) is 0. The van der Waals surface area contributed by atoms with Gasteiger partial charge in [0.2, 0.25) is 0 Å². The Morgan fingerprint density at radius 2 is 2.20 bits per heavy atom. The molecule has 1 atom stereocenters. The Morgan fingerprint density at radius 1 is 1.60 bits per heavy atom. The van der Waals surface area contributed by atoms with Crippen molar-refractivity contribution in [3.05, 3.63) is 16.0 Å². The molecule has 0 aliphatic heterocycles. The molecule has 82 valence electrons. The molecule has 1 aromatic rings. The average molecular weight is 338 g/mol. The summed E-state index contributed by atoms with van der Waals surface area (Å²) in [6.07, 6.45) is 3.50. The minimum absolute atomic E-state index is 0.136. The summed E-state index contributed by atoms with van der Waals surface area (Å²) in [6.45, 7) is 1.82. The van der Waals surface area contributed by atoms with Gasteiger partial charge >= 0.3 is 5.97 Å². The summed E-state index contributed by atoms with van der Waals surface area (Å²) in [4.78, 5) is 19.4. The largest absolute Gasteiger partial charge is 0.469 e. The Morgan fingerprint density at radius 3 is 2.73 bits per heavy atom. The van der Waals surface area contributed by atoms with E-state index < -0.39 is 0 Å². The fraction of sp³-hybridized carbons (Fsp3) is 0.444. The number of nitrogens with zero attached hydrogens (tertiary/aromatic N) is 2. The van der Waals surface area contributed by atoms with Crippen LogP contribution in [0.3, 0.4) is 0 Å². The number of halogens is 1. The number of rotatable bonds is 4. The van der Waals surface area contributed by atoms with Gasteiger partial charge in [-0.15, -0.1) is 0 Å². The van der Waals surface area contributed by atoms with E-state index in [0.717, 1.165) is 3.57 Å². The molecule has 0 radical (unpaired) electrons. The normalized spacial score (nSPS) is 12.2. The van der Waals surface area contributed by atoms with Crippen molar-refractivity contribution in [3.8, 4) is 0 Å². The van der Waals surface area contributed by atoms with Crippen LogP contribution in [-0.4, -0.2) is 28.8 Å². The molecule has 0 N–H and O–H groups in total. The maximum Gasteiger partial charge on any atom is 0.309 e. The summed E-state index contributed by atoms with van der Waals surface area (Å²) in [5.74, 6) is 0.295. The summed E-state index contributed by atoms with van der Waals surface area (Å²) in [7, 11) is 1.39. The van der Waals surface area contributed by atoms with Crippen LogP contribution in [0.4, 0.5) is 0 Å². The molecule has 0 aliphatic carbocycles. The molecule has 0 bridgehead atoms. The van der Waals surface area contributed by atoms with Gasteiger partial charge in [-0.2, -0.15) is 0 Å². The van der Waals surface area contributed by atoms with Gasteiger partial charge in [0.05, 0.1) is 13.0 Å². The van der Waals surface area contributed by atoms with Crippen LogP contribution in [0.2, 0.25) is 0 Å². The fourth-order valence-electron chi connectivity index (χ4n) is 0.844. The van der Waals surface area contributed by atoms with Crippen LogP contribution >= 0.6 is 34.4 Å². The first-order chi connectivity index (χ1) is 7.13. The SMILES string of the molecule is COC(=O)C(C)CSc1ncc(I)cn1. The van der Waals surface area contributed by atoms with Crippen LogP contribution in [0.25, 0.3) is 0 Å². The number of methoxy groups -OCH3 is 1. The van der Waals surface area contributed by atoms with Crippen LogP contribution in [-0.2, 0) is 9.53 Å². The summed E-state index contributed by atoms with van der Waals surface area (Å²) < 4.78 is 5.62. The van der Waals surface area contributed by atoms with E-state index in [1.54, 1.807) is 12.4 Å². The zero-order valence-corrected chi connectivity index (χ0v) is 11.4. The molecule has 4 nitrogen and oxygen atoms in total. The standard InChI is InChI=1S/C9H11IN2O2S/c1-6(8(13)14-2)5-15-9-11-3-7(10)4-12-9/h3-4,6H,5H2,1-2H3. The summed E-state index contributed by atoms with van der Waals surface area (Å²) in [6, 6.07) is 0. The van der Waals surface area contributed by atoms with E-state index in [2.05, 4.69) is 37.3 Å². The molecule has 15 heavy (non-hydrogen) atoms. The van der Waals surface area contributed by atoms with Crippen molar-refractivity contribution in [2.75, 3.05) is 12.9 Å². The Labute approximate surface area is 106 Å². The van der Waals surface area contributed by atoms with Gasteiger partial charge in [0.1, 0.15) is 0 Å². The Kier molecular flexibility index (Phi) is 5.30. The molecule has 1 rings (SSSR count). The lowest BCUT2D eigenvalue weighted by Crippen LogP contribution is -2.14. The van der Waals surface area contributed by atoms with Crippen LogP contribution in [0.1, 0.15) is 6.92 Å². The quantitative estimate of drug-likeness (QED) is 0.364.